The lowest BCUT2D eigenvalue weighted by atomic mass is 10.1. The molecule has 0 bridgehead atoms. The summed E-state index contributed by atoms with van der Waals surface area (Å²) in [6, 6.07) is 4.40. The third kappa shape index (κ3) is 3.59. The molecule has 1 aromatic rings. The average molecular weight is 307 g/mol. The number of carbonyl (C=O) groups is 1. The van der Waals surface area contributed by atoms with Gasteiger partial charge >= 0.3 is 0 Å². The molecule has 3 nitrogen and oxygen atoms in total. The first kappa shape index (κ1) is 16.2. The molecule has 1 aliphatic rings. The zero-order chi connectivity index (χ0) is 13.1. The molecule has 1 aromatic carbocycles. The number of likely N-dealkylation sites (tertiary alicyclic amines) is 1. The second-order valence-corrected chi connectivity index (χ2v) is 4.89. The first-order valence-electron chi connectivity index (χ1n) is 6.04. The first-order valence-corrected chi connectivity index (χ1v) is 6.42. The normalized spacial score (nSPS) is 18.3. The SMILES string of the molecule is CNCC1CCCN1C(=O)c1ccc(Cl)c(F)c1.Cl. The van der Waals surface area contributed by atoms with Crippen molar-refractivity contribution in [3.8, 4) is 0 Å². The smallest absolute Gasteiger partial charge is 0.254 e. The Morgan fingerprint density at radius 2 is 2.32 bits per heavy atom. The number of halogens is 3. The van der Waals surface area contributed by atoms with Gasteiger partial charge in [0.1, 0.15) is 5.82 Å². The van der Waals surface area contributed by atoms with Gasteiger partial charge in [-0.3, -0.25) is 4.79 Å². The van der Waals surface area contributed by atoms with Crippen molar-refractivity contribution in [2.45, 2.75) is 18.9 Å². The van der Waals surface area contributed by atoms with E-state index < -0.39 is 5.82 Å². The summed E-state index contributed by atoms with van der Waals surface area (Å²) in [6.07, 6.45) is 1.98. The summed E-state index contributed by atoms with van der Waals surface area (Å²) in [5.74, 6) is -0.671. The van der Waals surface area contributed by atoms with Gasteiger partial charge in [-0.25, -0.2) is 4.39 Å². The molecular weight excluding hydrogens is 290 g/mol. The average Bonchev–Trinajstić information content (AvgIpc) is 2.80. The minimum absolute atomic E-state index is 0. The maximum atomic E-state index is 13.4. The molecule has 1 atom stereocenters. The van der Waals surface area contributed by atoms with E-state index >= 15 is 0 Å². The molecule has 1 heterocycles. The summed E-state index contributed by atoms with van der Waals surface area (Å²) in [6.45, 7) is 1.50. The maximum Gasteiger partial charge on any atom is 0.254 e. The third-order valence-corrected chi connectivity index (χ3v) is 3.55. The lowest BCUT2D eigenvalue weighted by Crippen LogP contribution is -2.40. The van der Waals surface area contributed by atoms with Crippen molar-refractivity contribution < 1.29 is 9.18 Å². The molecular formula is C13H17Cl2FN2O. The number of benzene rings is 1. The molecule has 1 N–H and O–H groups in total. The van der Waals surface area contributed by atoms with Crippen molar-refractivity contribution >= 4 is 29.9 Å². The highest BCUT2D eigenvalue weighted by Gasteiger charge is 2.28. The number of hydrogen-bond donors (Lipinski definition) is 1. The fourth-order valence-corrected chi connectivity index (χ4v) is 2.46. The minimum atomic E-state index is -0.549. The van der Waals surface area contributed by atoms with Crippen LogP contribution < -0.4 is 5.32 Å². The van der Waals surface area contributed by atoms with E-state index in [1.165, 1.54) is 12.1 Å². The highest BCUT2D eigenvalue weighted by molar-refractivity contribution is 6.30. The van der Waals surface area contributed by atoms with Crippen molar-refractivity contribution in [2.24, 2.45) is 0 Å². The largest absolute Gasteiger partial charge is 0.334 e. The summed E-state index contributed by atoms with van der Waals surface area (Å²) in [5, 5.41) is 3.12. The van der Waals surface area contributed by atoms with Crippen LogP contribution in [0.1, 0.15) is 23.2 Å². The van der Waals surface area contributed by atoms with Gasteiger partial charge in [-0.05, 0) is 38.1 Å². The topological polar surface area (TPSA) is 32.3 Å². The summed E-state index contributed by atoms with van der Waals surface area (Å²) < 4.78 is 13.4. The van der Waals surface area contributed by atoms with Crippen LogP contribution in [0.15, 0.2) is 18.2 Å². The summed E-state index contributed by atoms with van der Waals surface area (Å²) in [5.41, 5.74) is 0.361. The Hall–Kier alpha value is -0.840. The van der Waals surface area contributed by atoms with Crippen LogP contribution >= 0.6 is 24.0 Å². The van der Waals surface area contributed by atoms with Crippen molar-refractivity contribution in [3.63, 3.8) is 0 Å². The van der Waals surface area contributed by atoms with E-state index in [1.807, 2.05) is 7.05 Å². The van der Waals surface area contributed by atoms with Crippen LogP contribution in [-0.2, 0) is 0 Å². The Labute approximate surface area is 123 Å². The molecule has 0 radical (unpaired) electrons. The fraction of sp³-hybridized carbons (Fsp3) is 0.462. The van der Waals surface area contributed by atoms with Crippen LogP contribution in [0.2, 0.25) is 5.02 Å². The Balaban J connectivity index is 0.00000180. The van der Waals surface area contributed by atoms with Crippen LogP contribution in [0.25, 0.3) is 0 Å². The Morgan fingerprint density at radius 3 is 2.95 bits per heavy atom. The van der Waals surface area contributed by atoms with Crippen LogP contribution in [0, 0.1) is 5.82 Å². The van der Waals surface area contributed by atoms with Gasteiger partial charge < -0.3 is 10.2 Å². The number of hydrogen-bond acceptors (Lipinski definition) is 2. The fourth-order valence-electron chi connectivity index (χ4n) is 2.35. The zero-order valence-corrected chi connectivity index (χ0v) is 12.2. The number of nitrogens with one attached hydrogen (secondary N) is 1. The van der Waals surface area contributed by atoms with E-state index in [4.69, 9.17) is 11.6 Å². The van der Waals surface area contributed by atoms with Gasteiger partial charge in [0.15, 0.2) is 0 Å². The van der Waals surface area contributed by atoms with E-state index in [0.717, 1.165) is 25.9 Å². The number of rotatable bonds is 3. The highest BCUT2D eigenvalue weighted by Crippen LogP contribution is 2.22. The van der Waals surface area contributed by atoms with Gasteiger partial charge in [0.25, 0.3) is 5.91 Å². The van der Waals surface area contributed by atoms with Crippen LogP contribution in [0.3, 0.4) is 0 Å². The molecule has 2 rings (SSSR count). The second kappa shape index (κ2) is 7.08. The zero-order valence-electron chi connectivity index (χ0n) is 10.7. The van der Waals surface area contributed by atoms with E-state index in [1.54, 1.807) is 11.0 Å². The van der Waals surface area contributed by atoms with E-state index in [2.05, 4.69) is 5.32 Å². The molecule has 6 heteroatoms. The van der Waals surface area contributed by atoms with Gasteiger partial charge in [0, 0.05) is 24.7 Å². The molecule has 0 saturated carbocycles. The molecule has 1 saturated heterocycles. The second-order valence-electron chi connectivity index (χ2n) is 4.48. The summed E-state index contributed by atoms with van der Waals surface area (Å²) in [7, 11) is 1.86. The van der Waals surface area contributed by atoms with Crippen molar-refractivity contribution in [3.05, 3.63) is 34.6 Å². The third-order valence-electron chi connectivity index (χ3n) is 3.24. The standard InChI is InChI=1S/C13H16ClFN2O.ClH/c1-16-8-10-3-2-6-17(10)13(18)9-4-5-11(14)12(15)7-9;/h4-5,7,10,16H,2-3,6,8H2,1H3;1H. The van der Waals surface area contributed by atoms with E-state index in [9.17, 15) is 9.18 Å². The summed E-state index contributed by atoms with van der Waals surface area (Å²) in [4.78, 5) is 14.1. The predicted octanol–water partition coefficient (Wildman–Crippen LogP) is 2.72. The molecule has 1 amide bonds. The molecule has 1 unspecified atom stereocenters. The monoisotopic (exact) mass is 306 g/mol. The van der Waals surface area contributed by atoms with Gasteiger partial charge in [-0.1, -0.05) is 11.6 Å². The molecule has 0 aliphatic carbocycles. The quantitative estimate of drug-likeness (QED) is 0.931. The van der Waals surface area contributed by atoms with E-state index in [-0.39, 0.29) is 29.4 Å². The van der Waals surface area contributed by atoms with E-state index in [0.29, 0.717) is 5.56 Å². The van der Waals surface area contributed by atoms with Gasteiger partial charge in [0.2, 0.25) is 0 Å². The lowest BCUT2D eigenvalue weighted by molar-refractivity contribution is 0.0736. The number of nitrogens with zero attached hydrogens (tertiary/aromatic N) is 1. The van der Waals surface area contributed by atoms with Crippen molar-refractivity contribution in [1.29, 1.82) is 0 Å². The van der Waals surface area contributed by atoms with Gasteiger partial charge in [-0.2, -0.15) is 0 Å². The predicted molar refractivity (Wildman–Crippen MR) is 76.6 cm³/mol. The number of amides is 1. The molecule has 106 valence electrons. The lowest BCUT2D eigenvalue weighted by Gasteiger charge is -2.24. The van der Waals surface area contributed by atoms with Gasteiger partial charge in [0.05, 0.1) is 5.02 Å². The molecule has 0 aromatic heterocycles. The highest BCUT2D eigenvalue weighted by atomic mass is 35.5. The molecule has 0 spiro atoms. The van der Waals surface area contributed by atoms with Gasteiger partial charge in [-0.15, -0.1) is 12.4 Å². The van der Waals surface area contributed by atoms with Crippen molar-refractivity contribution in [1.82, 2.24) is 10.2 Å². The Kier molecular flexibility index (Phi) is 6.04. The number of carbonyl (C=O) groups excluding carboxylic acids is 1. The molecule has 19 heavy (non-hydrogen) atoms. The van der Waals surface area contributed by atoms with Crippen molar-refractivity contribution in [2.75, 3.05) is 20.1 Å². The Bertz CT molecular complexity index is 456. The molecule has 1 aliphatic heterocycles. The Morgan fingerprint density at radius 1 is 1.58 bits per heavy atom. The maximum absolute atomic E-state index is 13.4. The van der Waals surface area contributed by atoms with Crippen LogP contribution in [0.5, 0.6) is 0 Å². The number of likely N-dealkylation sites (N-methyl/N-ethyl adjacent to an activating group) is 1. The molecule has 1 fully saturated rings. The first-order chi connectivity index (χ1) is 8.63. The van der Waals surface area contributed by atoms with Crippen LogP contribution in [-0.4, -0.2) is 37.0 Å². The minimum Gasteiger partial charge on any atom is -0.334 e. The summed E-state index contributed by atoms with van der Waals surface area (Å²) >= 11 is 5.61. The van der Waals surface area contributed by atoms with Crippen LogP contribution in [0.4, 0.5) is 4.39 Å².